The lowest BCUT2D eigenvalue weighted by molar-refractivity contribution is 0.0142. The lowest BCUT2D eigenvalue weighted by Gasteiger charge is -2.29. The summed E-state index contributed by atoms with van der Waals surface area (Å²) < 4.78 is -1.62. The molecule has 5 heteroatoms. The molecule has 0 rings (SSSR count). The van der Waals surface area contributed by atoms with Crippen LogP contribution in [0.25, 0.3) is 0 Å². The van der Waals surface area contributed by atoms with Crippen molar-refractivity contribution in [1.29, 1.82) is 0 Å². The Bertz CT molecular complexity index is 111. The van der Waals surface area contributed by atoms with Crippen LogP contribution in [-0.2, 0) is 0 Å². The zero-order chi connectivity index (χ0) is 9.07. The van der Waals surface area contributed by atoms with Gasteiger partial charge < -0.3 is 5.11 Å². The first kappa shape index (κ1) is 11.8. The third-order valence-electron chi connectivity index (χ3n) is 1.45. The van der Waals surface area contributed by atoms with Crippen molar-refractivity contribution in [1.82, 2.24) is 4.90 Å². The standard InChI is InChI=1S/C6H12Cl3NO/c1-3-10(4-2)5(11)6(7,8)9/h5,11H,3-4H2,1-2H3. The summed E-state index contributed by atoms with van der Waals surface area (Å²) in [7, 11) is 0. The number of aliphatic hydroxyl groups is 1. The topological polar surface area (TPSA) is 23.5 Å². The van der Waals surface area contributed by atoms with Crippen LogP contribution in [-0.4, -0.2) is 33.1 Å². The molecule has 0 heterocycles. The van der Waals surface area contributed by atoms with Crippen molar-refractivity contribution in [2.24, 2.45) is 0 Å². The molecule has 0 aliphatic rings. The van der Waals surface area contributed by atoms with Gasteiger partial charge in [-0.05, 0) is 13.1 Å². The average molecular weight is 221 g/mol. The second-order valence-electron chi connectivity index (χ2n) is 2.14. The van der Waals surface area contributed by atoms with Gasteiger partial charge in [-0.1, -0.05) is 48.7 Å². The molecule has 11 heavy (non-hydrogen) atoms. The van der Waals surface area contributed by atoms with E-state index in [4.69, 9.17) is 34.8 Å². The Morgan fingerprint density at radius 1 is 1.27 bits per heavy atom. The molecule has 0 aromatic rings. The maximum Gasteiger partial charge on any atom is 0.229 e. The summed E-state index contributed by atoms with van der Waals surface area (Å²) in [5, 5.41) is 9.38. The molecule has 0 aromatic carbocycles. The van der Waals surface area contributed by atoms with E-state index in [1.165, 1.54) is 0 Å². The first-order valence-electron chi connectivity index (χ1n) is 3.42. The molecule has 0 saturated carbocycles. The van der Waals surface area contributed by atoms with Crippen LogP contribution in [0.1, 0.15) is 13.8 Å². The molecule has 1 N–H and O–H groups in total. The molecule has 68 valence electrons. The molecule has 0 aliphatic carbocycles. The van der Waals surface area contributed by atoms with E-state index in [0.29, 0.717) is 13.1 Å². The number of hydrogen-bond donors (Lipinski definition) is 1. The summed E-state index contributed by atoms with van der Waals surface area (Å²) in [6.07, 6.45) is -1.03. The quantitative estimate of drug-likeness (QED) is 0.581. The van der Waals surface area contributed by atoms with Crippen LogP contribution in [0.3, 0.4) is 0 Å². The molecule has 0 aromatic heterocycles. The van der Waals surface area contributed by atoms with Gasteiger partial charge in [0.05, 0.1) is 0 Å². The van der Waals surface area contributed by atoms with E-state index in [1.54, 1.807) is 4.90 Å². The molecular weight excluding hydrogens is 208 g/mol. The third kappa shape index (κ3) is 3.81. The predicted octanol–water partition coefficient (Wildman–Crippen LogP) is 2.02. The Balaban J connectivity index is 4.09. The minimum Gasteiger partial charge on any atom is -0.374 e. The molecule has 1 atom stereocenters. The monoisotopic (exact) mass is 219 g/mol. The zero-order valence-corrected chi connectivity index (χ0v) is 8.79. The van der Waals surface area contributed by atoms with Crippen LogP contribution < -0.4 is 0 Å². The molecular formula is C6H12Cl3NO. The van der Waals surface area contributed by atoms with E-state index in [9.17, 15) is 5.11 Å². The molecule has 0 fully saturated rings. The second-order valence-corrected chi connectivity index (χ2v) is 4.51. The van der Waals surface area contributed by atoms with E-state index in [1.807, 2.05) is 13.8 Å². The maximum absolute atomic E-state index is 9.38. The van der Waals surface area contributed by atoms with Gasteiger partial charge in [0.1, 0.15) is 0 Å². The number of alkyl halides is 3. The number of rotatable bonds is 3. The highest BCUT2D eigenvalue weighted by Crippen LogP contribution is 2.31. The Kier molecular flexibility index (Phi) is 5.07. The van der Waals surface area contributed by atoms with E-state index >= 15 is 0 Å². The Morgan fingerprint density at radius 3 is 1.73 bits per heavy atom. The first-order valence-corrected chi connectivity index (χ1v) is 4.55. The van der Waals surface area contributed by atoms with E-state index in [-0.39, 0.29) is 0 Å². The van der Waals surface area contributed by atoms with Crippen molar-refractivity contribution in [2.45, 2.75) is 23.9 Å². The van der Waals surface area contributed by atoms with Crippen molar-refractivity contribution >= 4 is 34.8 Å². The highest BCUT2D eigenvalue weighted by molar-refractivity contribution is 6.68. The molecule has 0 radical (unpaired) electrons. The van der Waals surface area contributed by atoms with E-state index in [2.05, 4.69) is 0 Å². The van der Waals surface area contributed by atoms with Gasteiger partial charge in [0.2, 0.25) is 3.79 Å². The van der Waals surface area contributed by atoms with Crippen LogP contribution in [0, 0.1) is 0 Å². The smallest absolute Gasteiger partial charge is 0.229 e. The van der Waals surface area contributed by atoms with Gasteiger partial charge in [-0.15, -0.1) is 0 Å². The van der Waals surface area contributed by atoms with Gasteiger partial charge >= 0.3 is 0 Å². The normalized spacial score (nSPS) is 15.5. The fraction of sp³-hybridized carbons (Fsp3) is 1.00. The van der Waals surface area contributed by atoms with Crippen LogP contribution in [0.4, 0.5) is 0 Å². The highest BCUT2D eigenvalue weighted by atomic mass is 35.6. The zero-order valence-electron chi connectivity index (χ0n) is 6.52. The lowest BCUT2D eigenvalue weighted by atomic mass is 10.4. The minimum absolute atomic E-state index is 0.658. The predicted molar refractivity (Wildman–Crippen MR) is 49.2 cm³/mol. The molecule has 0 aliphatic heterocycles. The SMILES string of the molecule is CCN(CC)C(O)C(Cl)(Cl)Cl. The van der Waals surface area contributed by atoms with Crippen LogP contribution >= 0.6 is 34.8 Å². The summed E-state index contributed by atoms with van der Waals surface area (Å²) in [4.78, 5) is 1.66. The average Bonchev–Trinajstić information content (AvgIpc) is 1.88. The summed E-state index contributed by atoms with van der Waals surface area (Å²) in [6, 6.07) is 0. The molecule has 0 bridgehead atoms. The largest absolute Gasteiger partial charge is 0.374 e. The lowest BCUT2D eigenvalue weighted by Crippen LogP contribution is -2.43. The Morgan fingerprint density at radius 2 is 1.64 bits per heavy atom. The van der Waals surface area contributed by atoms with Gasteiger partial charge in [0.15, 0.2) is 6.23 Å². The Hall–Kier alpha value is 0.790. The van der Waals surface area contributed by atoms with Crippen molar-refractivity contribution in [3.05, 3.63) is 0 Å². The fourth-order valence-electron chi connectivity index (χ4n) is 0.776. The minimum atomic E-state index is -1.62. The summed E-state index contributed by atoms with van der Waals surface area (Å²) in [5.41, 5.74) is 0. The molecule has 1 unspecified atom stereocenters. The van der Waals surface area contributed by atoms with Crippen LogP contribution in [0.5, 0.6) is 0 Å². The summed E-state index contributed by atoms with van der Waals surface area (Å²) >= 11 is 16.4. The number of aliphatic hydroxyl groups excluding tert-OH is 1. The first-order chi connectivity index (χ1) is 4.93. The number of hydrogen-bond acceptors (Lipinski definition) is 2. The van der Waals surface area contributed by atoms with Gasteiger partial charge in [-0.2, -0.15) is 0 Å². The van der Waals surface area contributed by atoms with Crippen molar-refractivity contribution in [3.8, 4) is 0 Å². The van der Waals surface area contributed by atoms with Gasteiger partial charge in [0.25, 0.3) is 0 Å². The fourth-order valence-corrected chi connectivity index (χ4v) is 1.19. The number of nitrogens with zero attached hydrogens (tertiary/aromatic N) is 1. The van der Waals surface area contributed by atoms with Crippen molar-refractivity contribution in [3.63, 3.8) is 0 Å². The maximum atomic E-state index is 9.38. The molecule has 0 spiro atoms. The van der Waals surface area contributed by atoms with E-state index < -0.39 is 10.0 Å². The van der Waals surface area contributed by atoms with Gasteiger partial charge in [0, 0.05) is 0 Å². The molecule has 0 amide bonds. The van der Waals surface area contributed by atoms with Crippen LogP contribution in [0.2, 0.25) is 0 Å². The summed E-state index contributed by atoms with van der Waals surface area (Å²) in [6.45, 7) is 5.10. The van der Waals surface area contributed by atoms with Gasteiger partial charge in [-0.25, -0.2) is 0 Å². The van der Waals surface area contributed by atoms with Crippen molar-refractivity contribution < 1.29 is 5.11 Å². The highest BCUT2D eigenvalue weighted by Gasteiger charge is 2.34. The third-order valence-corrected chi connectivity index (χ3v) is 2.04. The molecule has 2 nitrogen and oxygen atoms in total. The second kappa shape index (κ2) is 4.73. The number of halogens is 3. The van der Waals surface area contributed by atoms with Crippen molar-refractivity contribution in [2.75, 3.05) is 13.1 Å². The summed E-state index contributed by atoms with van der Waals surface area (Å²) in [5.74, 6) is 0. The van der Waals surface area contributed by atoms with Crippen LogP contribution in [0.15, 0.2) is 0 Å². The molecule has 0 saturated heterocycles. The Labute approximate surface area is 82.0 Å². The van der Waals surface area contributed by atoms with E-state index in [0.717, 1.165) is 0 Å². The van der Waals surface area contributed by atoms with Gasteiger partial charge in [-0.3, -0.25) is 4.90 Å².